The van der Waals surface area contributed by atoms with Crippen molar-refractivity contribution in [1.29, 1.82) is 0 Å². The van der Waals surface area contributed by atoms with E-state index in [4.69, 9.17) is 4.74 Å². The standard InChI is InChI=1S/C21H26N4O3.2ClH/c1-21(2,3)23-11-15(26)13-28-16-7-5-14(6-8-16)19-24-18-9-10-22-12-17(18)20(27)25(19)4;;/h5-10,12,15,23,26H,11,13H2,1-4H3;2*1H. The van der Waals surface area contributed by atoms with Gasteiger partial charge in [-0.3, -0.25) is 14.3 Å². The molecule has 0 spiro atoms. The highest BCUT2D eigenvalue weighted by Crippen LogP contribution is 2.21. The van der Waals surface area contributed by atoms with Crippen LogP contribution in [0, 0.1) is 0 Å². The molecule has 164 valence electrons. The number of fused-ring (bicyclic) bond motifs is 1. The van der Waals surface area contributed by atoms with Gasteiger partial charge in [-0.2, -0.15) is 0 Å². The van der Waals surface area contributed by atoms with Gasteiger partial charge in [0, 0.05) is 37.1 Å². The molecule has 1 atom stereocenters. The first-order valence-corrected chi connectivity index (χ1v) is 9.22. The Kier molecular flexibility index (Phi) is 9.24. The number of rotatable bonds is 6. The Morgan fingerprint density at radius 1 is 1.17 bits per heavy atom. The maximum absolute atomic E-state index is 12.5. The monoisotopic (exact) mass is 454 g/mol. The Balaban J connectivity index is 0.00000225. The third kappa shape index (κ3) is 6.40. The number of aromatic nitrogens is 3. The van der Waals surface area contributed by atoms with Gasteiger partial charge in [-0.05, 0) is 51.1 Å². The van der Waals surface area contributed by atoms with Crippen molar-refractivity contribution in [3.05, 3.63) is 53.1 Å². The van der Waals surface area contributed by atoms with Crippen LogP contribution in [0.3, 0.4) is 0 Å². The van der Waals surface area contributed by atoms with Gasteiger partial charge in [0.1, 0.15) is 24.3 Å². The van der Waals surface area contributed by atoms with Crippen molar-refractivity contribution in [2.75, 3.05) is 13.2 Å². The number of aliphatic hydroxyl groups excluding tert-OH is 1. The van der Waals surface area contributed by atoms with Crippen LogP contribution in [0.15, 0.2) is 47.5 Å². The van der Waals surface area contributed by atoms with E-state index in [0.717, 1.165) is 5.56 Å². The number of aliphatic hydroxyl groups is 1. The molecule has 30 heavy (non-hydrogen) atoms. The van der Waals surface area contributed by atoms with Crippen molar-refractivity contribution in [2.45, 2.75) is 32.4 Å². The highest BCUT2D eigenvalue weighted by atomic mass is 35.5. The molecule has 1 aromatic carbocycles. The van der Waals surface area contributed by atoms with Gasteiger partial charge in [0.05, 0.1) is 10.9 Å². The summed E-state index contributed by atoms with van der Waals surface area (Å²) in [6.45, 7) is 6.79. The second kappa shape index (κ2) is 10.7. The predicted octanol–water partition coefficient (Wildman–Crippen LogP) is 2.97. The van der Waals surface area contributed by atoms with Crippen molar-refractivity contribution in [2.24, 2.45) is 7.05 Å². The van der Waals surface area contributed by atoms with E-state index in [-0.39, 0.29) is 42.5 Å². The molecular weight excluding hydrogens is 427 g/mol. The first-order chi connectivity index (χ1) is 13.2. The van der Waals surface area contributed by atoms with Gasteiger partial charge < -0.3 is 15.2 Å². The number of β-amino-alcohol motifs (C(OH)–C–C–N with tert-alkyl or cyclic N) is 1. The quantitative estimate of drug-likeness (QED) is 0.594. The zero-order chi connectivity index (χ0) is 20.3. The summed E-state index contributed by atoms with van der Waals surface area (Å²) in [6.07, 6.45) is 2.55. The third-order valence-corrected chi connectivity index (χ3v) is 4.30. The van der Waals surface area contributed by atoms with E-state index >= 15 is 0 Å². The predicted molar refractivity (Wildman–Crippen MR) is 124 cm³/mol. The Labute approximate surface area is 188 Å². The van der Waals surface area contributed by atoms with Crippen molar-refractivity contribution < 1.29 is 9.84 Å². The molecule has 0 aliphatic rings. The first kappa shape index (κ1) is 25.8. The smallest absolute Gasteiger partial charge is 0.262 e. The summed E-state index contributed by atoms with van der Waals surface area (Å²) in [6, 6.07) is 9.04. The second-order valence-electron chi connectivity index (χ2n) is 7.81. The number of pyridine rings is 1. The lowest BCUT2D eigenvalue weighted by atomic mass is 10.1. The minimum absolute atomic E-state index is 0. The molecule has 0 aliphatic carbocycles. The molecule has 0 bridgehead atoms. The van der Waals surface area contributed by atoms with Crippen molar-refractivity contribution >= 4 is 35.7 Å². The molecule has 3 aromatic rings. The normalized spacial score (nSPS) is 12.0. The van der Waals surface area contributed by atoms with Gasteiger partial charge in [0.25, 0.3) is 5.56 Å². The maximum atomic E-state index is 12.5. The first-order valence-electron chi connectivity index (χ1n) is 9.22. The Hall–Kier alpha value is -2.19. The van der Waals surface area contributed by atoms with E-state index in [0.29, 0.717) is 29.0 Å². The minimum Gasteiger partial charge on any atom is -0.491 e. The van der Waals surface area contributed by atoms with Gasteiger partial charge in [0.15, 0.2) is 0 Å². The number of nitrogens with one attached hydrogen (secondary N) is 1. The van der Waals surface area contributed by atoms with Crippen LogP contribution >= 0.6 is 24.8 Å². The SMILES string of the molecule is Cl.Cl.Cn1c(-c2ccc(OCC(O)CNC(C)(C)C)cc2)nc2ccncc2c1=O. The molecule has 0 radical (unpaired) electrons. The molecule has 7 nitrogen and oxygen atoms in total. The van der Waals surface area contributed by atoms with Gasteiger partial charge in [-0.1, -0.05) is 0 Å². The van der Waals surface area contributed by atoms with E-state index in [2.05, 4.69) is 15.3 Å². The summed E-state index contributed by atoms with van der Waals surface area (Å²) in [4.78, 5) is 21.1. The van der Waals surface area contributed by atoms with Crippen LogP contribution in [0.4, 0.5) is 0 Å². The zero-order valence-corrected chi connectivity index (χ0v) is 19.1. The number of benzene rings is 1. The Morgan fingerprint density at radius 2 is 1.83 bits per heavy atom. The fraction of sp³-hybridized carbons (Fsp3) is 0.381. The van der Waals surface area contributed by atoms with Crippen LogP contribution in [0.5, 0.6) is 5.75 Å². The van der Waals surface area contributed by atoms with Gasteiger partial charge >= 0.3 is 0 Å². The fourth-order valence-corrected chi connectivity index (χ4v) is 2.75. The average Bonchev–Trinajstić information content (AvgIpc) is 2.67. The molecule has 0 saturated heterocycles. The van der Waals surface area contributed by atoms with Gasteiger partial charge in [-0.15, -0.1) is 24.8 Å². The van der Waals surface area contributed by atoms with Crippen LogP contribution in [-0.2, 0) is 7.05 Å². The Morgan fingerprint density at radius 3 is 2.47 bits per heavy atom. The second-order valence-corrected chi connectivity index (χ2v) is 7.81. The number of halogens is 2. The van der Waals surface area contributed by atoms with E-state index in [1.54, 1.807) is 19.3 Å². The maximum Gasteiger partial charge on any atom is 0.262 e. The van der Waals surface area contributed by atoms with E-state index in [1.807, 2.05) is 45.0 Å². The summed E-state index contributed by atoms with van der Waals surface area (Å²) in [7, 11) is 1.69. The number of hydrogen-bond donors (Lipinski definition) is 2. The summed E-state index contributed by atoms with van der Waals surface area (Å²) in [5, 5.41) is 13.8. The summed E-state index contributed by atoms with van der Waals surface area (Å²) < 4.78 is 7.18. The number of hydrogen-bond acceptors (Lipinski definition) is 6. The lowest BCUT2D eigenvalue weighted by molar-refractivity contribution is 0.100. The topological polar surface area (TPSA) is 89.3 Å². The molecule has 0 aliphatic heterocycles. The van der Waals surface area contributed by atoms with Crippen molar-refractivity contribution in [3.8, 4) is 17.1 Å². The van der Waals surface area contributed by atoms with Gasteiger partial charge in [0.2, 0.25) is 0 Å². The van der Waals surface area contributed by atoms with Crippen LogP contribution in [0.2, 0.25) is 0 Å². The molecule has 0 amide bonds. The molecule has 0 fully saturated rings. The highest BCUT2D eigenvalue weighted by molar-refractivity contribution is 5.85. The number of nitrogens with zero attached hydrogens (tertiary/aromatic N) is 3. The summed E-state index contributed by atoms with van der Waals surface area (Å²) in [5.41, 5.74) is 1.23. The molecule has 2 N–H and O–H groups in total. The minimum atomic E-state index is -0.601. The molecular formula is C21H28Cl2N4O3. The van der Waals surface area contributed by atoms with Crippen molar-refractivity contribution in [1.82, 2.24) is 19.9 Å². The average molecular weight is 455 g/mol. The van der Waals surface area contributed by atoms with Gasteiger partial charge in [-0.25, -0.2) is 4.98 Å². The lowest BCUT2D eigenvalue weighted by Gasteiger charge is -2.23. The molecule has 2 heterocycles. The molecule has 0 saturated carbocycles. The zero-order valence-electron chi connectivity index (χ0n) is 17.5. The summed E-state index contributed by atoms with van der Waals surface area (Å²) in [5.74, 6) is 1.22. The molecule has 3 rings (SSSR count). The lowest BCUT2D eigenvalue weighted by Crippen LogP contribution is -2.42. The van der Waals surface area contributed by atoms with Crippen molar-refractivity contribution in [3.63, 3.8) is 0 Å². The van der Waals surface area contributed by atoms with Crippen LogP contribution in [0.25, 0.3) is 22.3 Å². The fourth-order valence-electron chi connectivity index (χ4n) is 2.75. The largest absolute Gasteiger partial charge is 0.491 e. The number of ether oxygens (including phenoxy) is 1. The highest BCUT2D eigenvalue weighted by Gasteiger charge is 2.13. The van der Waals surface area contributed by atoms with E-state index < -0.39 is 6.10 Å². The van der Waals surface area contributed by atoms with Crippen LogP contribution in [0.1, 0.15) is 20.8 Å². The van der Waals surface area contributed by atoms with Crippen LogP contribution < -0.4 is 15.6 Å². The molecule has 1 unspecified atom stereocenters. The van der Waals surface area contributed by atoms with E-state index in [1.165, 1.54) is 10.8 Å². The van der Waals surface area contributed by atoms with E-state index in [9.17, 15) is 9.90 Å². The summed E-state index contributed by atoms with van der Waals surface area (Å²) >= 11 is 0. The Bertz CT molecular complexity index is 1020. The molecule has 2 aromatic heterocycles. The molecule has 9 heteroatoms. The third-order valence-electron chi connectivity index (χ3n) is 4.30. The van der Waals surface area contributed by atoms with Crippen LogP contribution in [-0.4, -0.2) is 44.4 Å².